The summed E-state index contributed by atoms with van der Waals surface area (Å²) in [5, 5.41) is 23.9. The van der Waals surface area contributed by atoms with Crippen LogP contribution in [0, 0.1) is 5.41 Å². The van der Waals surface area contributed by atoms with E-state index in [9.17, 15) is 5.11 Å². The number of thioether (sulfide) groups is 1. The first kappa shape index (κ1) is 21.5. The van der Waals surface area contributed by atoms with E-state index in [1.165, 1.54) is 32.1 Å². The molecular formula is C26H34N4O2S. The number of fused-ring (bicyclic) bond motifs is 3. The molecule has 2 heterocycles. The first-order valence-electron chi connectivity index (χ1n) is 12.4. The van der Waals surface area contributed by atoms with Gasteiger partial charge in [0.15, 0.2) is 5.82 Å². The summed E-state index contributed by atoms with van der Waals surface area (Å²) in [7, 11) is 0. The van der Waals surface area contributed by atoms with Gasteiger partial charge in [-0.2, -0.15) is 4.98 Å². The lowest BCUT2D eigenvalue weighted by molar-refractivity contribution is 0.0322. The number of rotatable bonds is 7. The van der Waals surface area contributed by atoms with Crippen molar-refractivity contribution < 1.29 is 9.63 Å². The molecule has 176 valence electrons. The Kier molecular flexibility index (Phi) is 5.07. The van der Waals surface area contributed by atoms with Crippen LogP contribution < -0.4 is 10.6 Å². The monoisotopic (exact) mass is 466 g/mol. The Morgan fingerprint density at radius 3 is 2.61 bits per heavy atom. The summed E-state index contributed by atoms with van der Waals surface area (Å²) in [4.78, 5) is 4.83. The van der Waals surface area contributed by atoms with Crippen molar-refractivity contribution in [1.29, 1.82) is 0 Å². The highest BCUT2D eigenvalue weighted by molar-refractivity contribution is 8.03. The number of aliphatic hydroxyl groups is 1. The van der Waals surface area contributed by atoms with Crippen LogP contribution in [-0.2, 0) is 5.41 Å². The van der Waals surface area contributed by atoms with Gasteiger partial charge in [-0.05, 0) is 88.2 Å². The second-order valence-electron chi connectivity index (χ2n) is 11.3. The van der Waals surface area contributed by atoms with Gasteiger partial charge >= 0.3 is 0 Å². The summed E-state index contributed by atoms with van der Waals surface area (Å²) >= 11 is 1.65. The molecule has 1 aliphatic heterocycles. The number of anilines is 1. The number of nitrogens with zero attached hydrogens (tertiary/aromatic N) is 2. The van der Waals surface area contributed by atoms with Crippen molar-refractivity contribution in [1.82, 2.24) is 15.5 Å². The van der Waals surface area contributed by atoms with Crippen LogP contribution in [0.1, 0.15) is 88.4 Å². The SMILES string of the molecule is CC(C)(O)C1NC(c2cccc(NCC34CCC(c5nc(C6CC6)no5)(CC3)CC4)c2)=CS1. The van der Waals surface area contributed by atoms with E-state index < -0.39 is 5.60 Å². The number of nitrogens with one attached hydrogen (secondary N) is 2. The predicted molar refractivity (Wildman–Crippen MR) is 132 cm³/mol. The Hall–Kier alpha value is -1.99. The molecule has 2 aromatic rings. The Morgan fingerprint density at radius 2 is 1.94 bits per heavy atom. The van der Waals surface area contributed by atoms with Gasteiger partial charge in [-0.1, -0.05) is 17.3 Å². The molecule has 0 amide bonds. The lowest BCUT2D eigenvalue weighted by Gasteiger charge is -2.52. The van der Waals surface area contributed by atoms with Crippen LogP contribution in [0.2, 0.25) is 0 Å². The third-order valence-electron chi connectivity index (χ3n) is 8.33. The van der Waals surface area contributed by atoms with Gasteiger partial charge in [0.25, 0.3) is 0 Å². The Morgan fingerprint density at radius 1 is 1.18 bits per heavy atom. The Bertz CT molecular complexity index is 1040. The highest BCUT2D eigenvalue weighted by atomic mass is 32.2. The molecule has 7 heteroatoms. The zero-order valence-corrected chi connectivity index (χ0v) is 20.4. The van der Waals surface area contributed by atoms with Crippen LogP contribution in [-0.4, -0.2) is 32.8 Å². The highest BCUT2D eigenvalue weighted by Crippen LogP contribution is 2.57. The fourth-order valence-electron chi connectivity index (χ4n) is 5.73. The molecule has 4 fully saturated rings. The van der Waals surface area contributed by atoms with Gasteiger partial charge in [0, 0.05) is 34.8 Å². The molecule has 4 saturated carbocycles. The van der Waals surface area contributed by atoms with Gasteiger partial charge in [0.2, 0.25) is 5.89 Å². The summed E-state index contributed by atoms with van der Waals surface area (Å²) in [6.45, 7) is 4.70. The van der Waals surface area contributed by atoms with Crippen molar-refractivity contribution in [3.8, 4) is 0 Å². The maximum absolute atomic E-state index is 10.3. The quantitative estimate of drug-likeness (QED) is 0.505. The van der Waals surface area contributed by atoms with Crippen molar-refractivity contribution >= 4 is 23.1 Å². The van der Waals surface area contributed by atoms with Crippen molar-refractivity contribution in [3.63, 3.8) is 0 Å². The van der Waals surface area contributed by atoms with Crippen molar-refractivity contribution in [2.24, 2.45) is 5.41 Å². The van der Waals surface area contributed by atoms with E-state index in [0.717, 1.165) is 54.5 Å². The second kappa shape index (κ2) is 7.77. The molecule has 2 bridgehead atoms. The van der Waals surface area contributed by atoms with E-state index >= 15 is 0 Å². The van der Waals surface area contributed by atoms with Crippen LogP contribution in [0.3, 0.4) is 0 Å². The molecule has 4 aliphatic carbocycles. The lowest BCUT2D eigenvalue weighted by atomic mass is 9.53. The molecule has 7 rings (SSSR count). The van der Waals surface area contributed by atoms with Gasteiger partial charge in [-0.3, -0.25) is 0 Å². The molecule has 1 unspecified atom stereocenters. The van der Waals surface area contributed by atoms with E-state index in [2.05, 4.69) is 45.5 Å². The maximum Gasteiger partial charge on any atom is 0.232 e. The minimum absolute atomic E-state index is 0.0213. The molecule has 1 atom stereocenters. The second-order valence-corrected chi connectivity index (χ2v) is 12.3. The first-order chi connectivity index (χ1) is 15.8. The average Bonchev–Trinajstić information content (AvgIpc) is 3.33. The molecule has 33 heavy (non-hydrogen) atoms. The largest absolute Gasteiger partial charge is 0.387 e. The van der Waals surface area contributed by atoms with Crippen molar-refractivity contribution in [2.45, 2.75) is 87.5 Å². The Labute approximate surface area is 200 Å². The van der Waals surface area contributed by atoms with E-state index in [1.807, 2.05) is 13.8 Å². The standard InChI is InChI=1S/C26H34N4O2S/c1-24(2,31)23-28-20(15-33-23)18-4-3-5-19(14-18)27-16-25-8-11-26(12-9-25,13-10-25)22-29-21(30-32-22)17-6-7-17/h3-5,14-15,17,23,27-28,31H,6-13,16H2,1-2H3. The van der Waals surface area contributed by atoms with E-state index in [-0.39, 0.29) is 10.8 Å². The van der Waals surface area contributed by atoms with Crippen LogP contribution in [0.5, 0.6) is 0 Å². The fourth-order valence-corrected chi connectivity index (χ4v) is 6.74. The molecule has 0 radical (unpaired) electrons. The minimum atomic E-state index is -0.768. The molecule has 3 N–H and O–H groups in total. The zero-order valence-electron chi connectivity index (χ0n) is 19.6. The van der Waals surface area contributed by atoms with E-state index in [0.29, 0.717) is 11.3 Å². The minimum Gasteiger partial charge on any atom is -0.387 e. The van der Waals surface area contributed by atoms with Crippen molar-refractivity contribution in [2.75, 3.05) is 11.9 Å². The van der Waals surface area contributed by atoms with Crippen molar-refractivity contribution in [3.05, 3.63) is 47.0 Å². The zero-order chi connectivity index (χ0) is 22.7. The highest BCUT2D eigenvalue weighted by Gasteiger charge is 2.52. The molecule has 6 nitrogen and oxygen atoms in total. The first-order valence-corrected chi connectivity index (χ1v) is 13.3. The smallest absolute Gasteiger partial charge is 0.232 e. The normalized spacial score (nSPS) is 31.4. The maximum atomic E-state index is 10.3. The van der Waals surface area contributed by atoms with Gasteiger partial charge < -0.3 is 20.3 Å². The summed E-state index contributed by atoms with van der Waals surface area (Å²) in [6, 6.07) is 8.62. The third kappa shape index (κ3) is 4.08. The van der Waals surface area contributed by atoms with Gasteiger partial charge in [0.05, 0.1) is 5.60 Å². The molecule has 0 spiro atoms. The summed E-state index contributed by atoms with van der Waals surface area (Å²) in [6.07, 6.45) is 9.57. The number of aromatic nitrogens is 2. The lowest BCUT2D eigenvalue weighted by Crippen LogP contribution is -2.47. The van der Waals surface area contributed by atoms with Gasteiger partial charge in [0.1, 0.15) is 5.37 Å². The molecule has 0 saturated heterocycles. The summed E-state index contributed by atoms with van der Waals surface area (Å²) in [5.41, 5.74) is 3.12. The van der Waals surface area contributed by atoms with Crippen LogP contribution in [0.4, 0.5) is 5.69 Å². The van der Waals surface area contributed by atoms with Crippen LogP contribution in [0.15, 0.2) is 34.2 Å². The topological polar surface area (TPSA) is 83.2 Å². The summed E-state index contributed by atoms with van der Waals surface area (Å²) < 4.78 is 5.77. The van der Waals surface area contributed by atoms with E-state index in [4.69, 9.17) is 9.51 Å². The average molecular weight is 467 g/mol. The van der Waals surface area contributed by atoms with Gasteiger partial charge in [-0.15, -0.1) is 11.8 Å². The number of hydrogen-bond donors (Lipinski definition) is 3. The molecule has 1 aromatic heterocycles. The molecule has 1 aromatic carbocycles. The van der Waals surface area contributed by atoms with Crippen LogP contribution >= 0.6 is 11.8 Å². The van der Waals surface area contributed by atoms with Gasteiger partial charge in [-0.25, -0.2) is 0 Å². The van der Waals surface area contributed by atoms with E-state index in [1.54, 1.807) is 11.8 Å². The predicted octanol–water partition coefficient (Wildman–Crippen LogP) is 5.38. The number of hydrogen-bond acceptors (Lipinski definition) is 7. The molecule has 5 aliphatic rings. The van der Waals surface area contributed by atoms with Crippen LogP contribution in [0.25, 0.3) is 5.70 Å². The third-order valence-corrected chi connectivity index (χ3v) is 9.67. The fraction of sp³-hybridized carbons (Fsp3) is 0.615. The Balaban J connectivity index is 1.08. The number of benzene rings is 1. The molecular weight excluding hydrogens is 432 g/mol. The summed E-state index contributed by atoms with van der Waals surface area (Å²) in [5.74, 6) is 2.42.